The Labute approximate surface area is 113 Å². The topological polar surface area (TPSA) is 55.4 Å². The van der Waals surface area contributed by atoms with E-state index in [0.29, 0.717) is 24.5 Å². The van der Waals surface area contributed by atoms with E-state index in [4.69, 9.17) is 4.74 Å². The van der Waals surface area contributed by atoms with Gasteiger partial charge in [-0.3, -0.25) is 9.59 Å². The van der Waals surface area contributed by atoms with Crippen molar-refractivity contribution in [3.8, 4) is 5.75 Å². The van der Waals surface area contributed by atoms with Crippen LogP contribution in [-0.2, 0) is 4.79 Å². The molecule has 0 aromatic heterocycles. The van der Waals surface area contributed by atoms with Gasteiger partial charge in [-0.15, -0.1) is 0 Å². The van der Waals surface area contributed by atoms with E-state index in [-0.39, 0.29) is 11.7 Å². The maximum Gasteiger partial charge on any atom is 0.243 e. The van der Waals surface area contributed by atoms with Gasteiger partial charge in [-0.1, -0.05) is 18.7 Å². The molecular formula is C15H19NO3. The van der Waals surface area contributed by atoms with Crippen LogP contribution < -0.4 is 10.1 Å². The first-order valence-corrected chi connectivity index (χ1v) is 6.27. The molecule has 0 aliphatic rings. The third-order valence-electron chi connectivity index (χ3n) is 2.57. The van der Waals surface area contributed by atoms with Gasteiger partial charge in [0.15, 0.2) is 5.78 Å². The number of amides is 1. The van der Waals surface area contributed by atoms with Crippen molar-refractivity contribution < 1.29 is 14.3 Å². The molecule has 0 bridgehead atoms. The summed E-state index contributed by atoms with van der Waals surface area (Å²) in [7, 11) is 0. The number of unbranched alkanes of at least 4 members (excludes halogenated alkanes) is 1. The highest BCUT2D eigenvalue weighted by Gasteiger charge is 2.01. The maximum atomic E-state index is 11.2. The number of ether oxygens (including phenoxy) is 1. The third-order valence-corrected chi connectivity index (χ3v) is 2.57. The van der Waals surface area contributed by atoms with Crippen LogP contribution in [0.3, 0.4) is 0 Å². The van der Waals surface area contributed by atoms with Crippen LogP contribution in [0.4, 0.5) is 0 Å². The molecule has 0 saturated heterocycles. The van der Waals surface area contributed by atoms with E-state index in [1.807, 2.05) is 6.07 Å². The molecule has 102 valence electrons. The standard InChI is InChI=1S/C15H19NO3/c1-3-15(18)16-9-4-5-10-19-14-8-6-7-13(11-14)12(2)17/h3,6-8,11H,1,4-5,9-10H2,2H3,(H,16,18). The summed E-state index contributed by atoms with van der Waals surface area (Å²) in [6, 6.07) is 7.13. The average molecular weight is 261 g/mol. The second-order valence-electron chi connectivity index (χ2n) is 4.13. The monoisotopic (exact) mass is 261 g/mol. The van der Waals surface area contributed by atoms with Crippen molar-refractivity contribution in [2.75, 3.05) is 13.2 Å². The second-order valence-corrected chi connectivity index (χ2v) is 4.13. The van der Waals surface area contributed by atoms with E-state index in [9.17, 15) is 9.59 Å². The molecule has 1 aromatic rings. The number of carbonyl (C=O) groups excluding carboxylic acids is 2. The molecule has 0 heterocycles. The third kappa shape index (κ3) is 5.86. The predicted molar refractivity (Wildman–Crippen MR) is 74.4 cm³/mol. The summed E-state index contributed by atoms with van der Waals surface area (Å²) in [5.74, 6) is 0.565. The summed E-state index contributed by atoms with van der Waals surface area (Å²) in [6.07, 6.45) is 2.93. The molecule has 0 fully saturated rings. The highest BCUT2D eigenvalue weighted by atomic mass is 16.5. The first-order chi connectivity index (χ1) is 9.13. The Hall–Kier alpha value is -2.10. The molecule has 0 aliphatic heterocycles. The normalized spacial score (nSPS) is 9.74. The molecule has 0 saturated carbocycles. The van der Waals surface area contributed by atoms with Gasteiger partial charge in [0.2, 0.25) is 5.91 Å². The fourth-order valence-corrected chi connectivity index (χ4v) is 1.51. The molecule has 4 heteroatoms. The molecule has 0 radical (unpaired) electrons. The Morgan fingerprint density at radius 3 is 2.84 bits per heavy atom. The Morgan fingerprint density at radius 1 is 1.37 bits per heavy atom. The number of benzene rings is 1. The molecule has 1 amide bonds. The van der Waals surface area contributed by atoms with Crippen LogP contribution in [0, 0.1) is 0 Å². The number of hydrogen-bond acceptors (Lipinski definition) is 3. The number of Topliss-reactive ketones (excluding diaryl/α,β-unsaturated/α-hetero) is 1. The van der Waals surface area contributed by atoms with E-state index in [1.54, 1.807) is 18.2 Å². The maximum absolute atomic E-state index is 11.2. The lowest BCUT2D eigenvalue weighted by atomic mass is 10.1. The number of carbonyl (C=O) groups is 2. The molecule has 1 rings (SSSR count). The van der Waals surface area contributed by atoms with Gasteiger partial charge in [-0.2, -0.15) is 0 Å². The van der Waals surface area contributed by atoms with Crippen molar-refractivity contribution in [3.63, 3.8) is 0 Å². The zero-order valence-electron chi connectivity index (χ0n) is 11.1. The van der Waals surface area contributed by atoms with Crippen LogP contribution in [0.15, 0.2) is 36.9 Å². The van der Waals surface area contributed by atoms with Gasteiger partial charge in [-0.05, 0) is 38.0 Å². The van der Waals surface area contributed by atoms with E-state index < -0.39 is 0 Å². The SMILES string of the molecule is C=CC(=O)NCCCCOc1cccc(C(C)=O)c1. The molecule has 19 heavy (non-hydrogen) atoms. The van der Waals surface area contributed by atoms with Gasteiger partial charge in [0, 0.05) is 12.1 Å². The first-order valence-electron chi connectivity index (χ1n) is 6.27. The van der Waals surface area contributed by atoms with Crippen LogP contribution >= 0.6 is 0 Å². The summed E-state index contributed by atoms with van der Waals surface area (Å²) in [5.41, 5.74) is 0.649. The van der Waals surface area contributed by atoms with Gasteiger partial charge < -0.3 is 10.1 Å². The highest BCUT2D eigenvalue weighted by Crippen LogP contribution is 2.14. The molecular weight excluding hydrogens is 242 g/mol. The zero-order valence-corrected chi connectivity index (χ0v) is 11.1. The molecule has 1 aromatic carbocycles. The van der Waals surface area contributed by atoms with Gasteiger partial charge in [0.25, 0.3) is 0 Å². The Kier molecular flexibility index (Phi) is 6.36. The number of rotatable bonds is 8. The first kappa shape index (κ1) is 15.0. The van der Waals surface area contributed by atoms with Crippen LogP contribution in [0.2, 0.25) is 0 Å². The smallest absolute Gasteiger partial charge is 0.243 e. The summed E-state index contributed by atoms with van der Waals surface area (Å²) in [5, 5.41) is 2.70. The molecule has 1 N–H and O–H groups in total. The van der Waals surface area contributed by atoms with Crippen molar-refractivity contribution >= 4 is 11.7 Å². The zero-order chi connectivity index (χ0) is 14.1. The van der Waals surface area contributed by atoms with Gasteiger partial charge in [-0.25, -0.2) is 0 Å². The number of ketones is 1. The Bertz CT molecular complexity index is 454. The Morgan fingerprint density at radius 2 is 2.16 bits per heavy atom. The second kappa shape index (κ2) is 8.08. The van der Waals surface area contributed by atoms with Gasteiger partial charge in [0.05, 0.1) is 6.61 Å². The highest BCUT2D eigenvalue weighted by molar-refractivity contribution is 5.94. The van der Waals surface area contributed by atoms with Crippen molar-refractivity contribution in [2.45, 2.75) is 19.8 Å². The fourth-order valence-electron chi connectivity index (χ4n) is 1.51. The molecule has 0 unspecified atom stereocenters. The van der Waals surface area contributed by atoms with Crippen molar-refractivity contribution in [3.05, 3.63) is 42.5 Å². The average Bonchev–Trinajstić information content (AvgIpc) is 2.42. The van der Waals surface area contributed by atoms with Crippen molar-refractivity contribution in [1.82, 2.24) is 5.32 Å². The van der Waals surface area contributed by atoms with E-state index >= 15 is 0 Å². The minimum atomic E-state index is -0.157. The molecule has 4 nitrogen and oxygen atoms in total. The lowest BCUT2D eigenvalue weighted by Gasteiger charge is -2.07. The fraction of sp³-hybridized carbons (Fsp3) is 0.333. The van der Waals surface area contributed by atoms with Gasteiger partial charge in [0.1, 0.15) is 5.75 Å². The summed E-state index contributed by atoms with van der Waals surface area (Å²) >= 11 is 0. The van der Waals surface area contributed by atoms with Crippen LogP contribution in [0.5, 0.6) is 5.75 Å². The molecule has 0 spiro atoms. The minimum absolute atomic E-state index is 0.0255. The van der Waals surface area contributed by atoms with Crippen molar-refractivity contribution in [2.24, 2.45) is 0 Å². The van der Waals surface area contributed by atoms with E-state index in [1.165, 1.54) is 13.0 Å². The number of hydrogen-bond donors (Lipinski definition) is 1. The predicted octanol–water partition coefficient (Wildman–Crippen LogP) is 2.35. The van der Waals surface area contributed by atoms with Crippen LogP contribution in [0.25, 0.3) is 0 Å². The van der Waals surface area contributed by atoms with E-state index in [2.05, 4.69) is 11.9 Å². The largest absolute Gasteiger partial charge is 0.494 e. The van der Waals surface area contributed by atoms with E-state index in [0.717, 1.165) is 12.8 Å². The minimum Gasteiger partial charge on any atom is -0.494 e. The molecule has 0 aliphatic carbocycles. The van der Waals surface area contributed by atoms with Crippen LogP contribution in [-0.4, -0.2) is 24.8 Å². The van der Waals surface area contributed by atoms with Crippen molar-refractivity contribution in [1.29, 1.82) is 0 Å². The van der Waals surface area contributed by atoms with Crippen LogP contribution in [0.1, 0.15) is 30.1 Å². The quantitative estimate of drug-likeness (QED) is 0.444. The molecule has 0 atom stereocenters. The lowest BCUT2D eigenvalue weighted by molar-refractivity contribution is -0.116. The summed E-state index contributed by atoms with van der Waals surface area (Å²) < 4.78 is 5.55. The summed E-state index contributed by atoms with van der Waals surface area (Å²) in [4.78, 5) is 22.1. The number of nitrogens with one attached hydrogen (secondary N) is 1. The summed E-state index contributed by atoms with van der Waals surface area (Å²) in [6.45, 7) is 6.08. The van der Waals surface area contributed by atoms with Gasteiger partial charge >= 0.3 is 0 Å². The Balaban J connectivity index is 2.22. The lowest BCUT2D eigenvalue weighted by Crippen LogP contribution is -2.22.